The summed E-state index contributed by atoms with van der Waals surface area (Å²) in [6, 6.07) is 9.19. The fourth-order valence-corrected chi connectivity index (χ4v) is 3.68. The maximum atomic E-state index is 13.2. The fraction of sp³-hybridized carbons (Fsp3) is 0.105. The Hall–Kier alpha value is -3.08. The van der Waals surface area contributed by atoms with E-state index in [-0.39, 0.29) is 40.4 Å². The quantitative estimate of drug-likeness (QED) is 0.508. The average Bonchev–Trinajstić information content (AvgIpc) is 2.73. The normalized spacial score (nSPS) is 11.3. The molecule has 0 aliphatic carbocycles. The number of hydrogen-bond donors (Lipinski definition) is 3. The second kappa shape index (κ2) is 9.16. The Kier molecular flexibility index (Phi) is 6.60. The molecule has 0 spiro atoms. The van der Waals surface area contributed by atoms with Gasteiger partial charge in [-0.3, -0.25) is 9.78 Å². The zero-order valence-electron chi connectivity index (χ0n) is 15.3. The number of benzene rings is 1. The Morgan fingerprint density at radius 3 is 2.57 bits per heavy atom. The van der Waals surface area contributed by atoms with Crippen molar-refractivity contribution in [3.05, 3.63) is 82.5 Å². The van der Waals surface area contributed by atoms with Gasteiger partial charge in [-0.25, -0.2) is 22.5 Å². The molecule has 0 radical (unpaired) electrons. The molecule has 0 unspecified atom stereocenters. The minimum atomic E-state index is -3.91. The molecular formula is C19H16ClFN4O4S. The van der Waals surface area contributed by atoms with Crippen molar-refractivity contribution in [2.75, 3.05) is 0 Å². The Morgan fingerprint density at radius 2 is 1.90 bits per heavy atom. The lowest BCUT2D eigenvalue weighted by molar-refractivity contribution is 0.0950. The smallest absolute Gasteiger partial charge is 0.253 e. The van der Waals surface area contributed by atoms with E-state index >= 15 is 0 Å². The first-order valence-electron chi connectivity index (χ1n) is 8.56. The summed E-state index contributed by atoms with van der Waals surface area (Å²) in [5, 5.41) is 11.7. The molecule has 8 nitrogen and oxygen atoms in total. The van der Waals surface area contributed by atoms with E-state index in [2.05, 4.69) is 20.0 Å². The first-order valence-corrected chi connectivity index (χ1v) is 10.4. The molecule has 2 heterocycles. The minimum absolute atomic E-state index is 0.129. The first kappa shape index (κ1) is 21.6. The molecular weight excluding hydrogens is 435 g/mol. The lowest BCUT2D eigenvalue weighted by atomic mass is 10.2. The number of rotatable bonds is 7. The molecule has 1 amide bonds. The van der Waals surface area contributed by atoms with Gasteiger partial charge < -0.3 is 10.4 Å². The van der Waals surface area contributed by atoms with Crippen LogP contribution in [-0.4, -0.2) is 29.4 Å². The number of halogens is 2. The van der Waals surface area contributed by atoms with E-state index in [0.29, 0.717) is 11.3 Å². The average molecular weight is 451 g/mol. The van der Waals surface area contributed by atoms with Gasteiger partial charge in [0.15, 0.2) is 0 Å². The number of aromatic nitrogens is 2. The minimum Gasteiger partial charge on any atom is -0.493 e. The zero-order chi connectivity index (χ0) is 21.7. The van der Waals surface area contributed by atoms with Crippen LogP contribution in [0.5, 0.6) is 5.88 Å². The van der Waals surface area contributed by atoms with E-state index in [1.165, 1.54) is 30.6 Å². The second-order valence-corrected chi connectivity index (χ2v) is 8.32. The summed E-state index contributed by atoms with van der Waals surface area (Å²) >= 11 is 5.62. The Balaban J connectivity index is 1.58. The molecule has 2 aromatic heterocycles. The van der Waals surface area contributed by atoms with Gasteiger partial charge in [-0.2, -0.15) is 0 Å². The Morgan fingerprint density at radius 1 is 1.10 bits per heavy atom. The van der Waals surface area contributed by atoms with Crippen LogP contribution in [0.25, 0.3) is 0 Å². The van der Waals surface area contributed by atoms with Crippen LogP contribution in [0.3, 0.4) is 0 Å². The molecule has 30 heavy (non-hydrogen) atoms. The number of hydrogen-bond acceptors (Lipinski definition) is 6. The standard InChI is InChI=1S/C19H16ClFN4O4S/c20-16-8-15(3-4-17(16)21)30(28,29)25-11-14-2-1-13(10-23-14)19(27)24-9-12-5-6-22-18(26)7-12/h1-8,10,25H,9,11H2,(H,22,26)(H,24,27). The topological polar surface area (TPSA) is 121 Å². The van der Waals surface area contributed by atoms with Crippen molar-refractivity contribution in [2.45, 2.75) is 18.0 Å². The monoisotopic (exact) mass is 450 g/mol. The van der Waals surface area contributed by atoms with Crippen molar-refractivity contribution in [1.82, 2.24) is 20.0 Å². The summed E-state index contributed by atoms with van der Waals surface area (Å²) in [6.45, 7) is 0.0617. The number of amides is 1. The largest absolute Gasteiger partial charge is 0.493 e. The molecule has 0 atom stereocenters. The number of sulfonamides is 1. The molecule has 0 saturated carbocycles. The van der Waals surface area contributed by atoms with Crippen LogP contribution in [0, 0.1) is 5.82 Å². The van der Waals surface area contributed by atoms with E-state index in [4.69, 9.17) is 11.6 Å². The molecule has 3 rings (SSSR count). The third-order valence-electron chi connectivity index (χ3n) is 3.99. The van der Waals surface area contributed by atoms with E-state index in [9.17, 15) is 22.7 Å². The summed E-state index contributed by atoms with van der Waals surface area (Å²) in [7, 11) is -3.91. The van der Waals surface area contributed by atoms with Crippen molar-refractivity contribution in [3.8, 4) is 5.88 Å². The van der Waals surface area contributed by atoms with Crippen molar-refractivity contribution >= 4 is 27.5 Å². The van der Waals surface area contributed by atoms with Gasteiger partial charge in [0.25, 0.3) is 5.91 Å². The summed E-state index contributed by atoms with van der Waals surface area (Å²) in [5.74, 6) is -1.24. The van der Waals surface area contributed by atoms with Crippen LogP contribution in [0.2, 0.25) is 5.02 Å². The van der Waals surface area contributed by atoms with Gasteiger partial charge in [0, 0.05) is 25.0 Å². The summed E-state index contributed by atoms with van der Waals surface area (Å²) < 4.78 is 40.1. The molecule has 0 fully saturated rings. The Labute approximate surface area is 176 Å². The van der Waals surface area contributed by atoms with Crippen molar-refractivity contribution in [2.24, 2.45) is 0 Å². The maximum absolute atomic E-state index is 13.2. The van der Waals surface area contributed by atoms with Gasteiger partial charge in [0.2, 0.25) is 15.9 Å². The predicted octanol–water partition coefficient (Wildman–Crippen LogP) is 2.38. The third kappa shape index (κ3) is 5.50. The van der Waals surface area contributed by atoms with Crippen molar-refractivity contribution in [1.29, 1.82) is 0 Å². The highest BCUT2D eigenvalue weighted by Crippen LogP contribution is 2.19. The SMILES string of the molecule is O=C(NCc1ccnc(O)c1)c1ccc(CNS(=O)(=O)c2ccc(F)c(Cl)c2)nc1. The maximum Gasteiger partial charge on any atom is 0.253 e. The molecule has 0 aliphatic rings. The van der Waals surface area contributed by atoms with E-state index in [1.807, 2.05) is 0 Å². The van der Waals surface area contributed by atoms with Crippen molar-refractivity contribution in [3.63, 3.8) is 0 Å². The van der Waals surface area contributed by atoms with Crippen LogP contribution >= 0.6 is 11.6 Å². The summed E-state index contributed by atoms with van der Waals surface area (Å²) in [6.07, 6.45) is 2.74. The van der Waals surface area contributed by atoms with Crippen LogP contribution in [0.15, 0.2) is 59.8 Å². The highest BCUT2D eigenvalue weighted by Gasteiger charge is 2.16. The number of carbonyl (C=O) groups is 1. The van der Waals surface area contributed by atoms with Crippen LogP contribution < -0.4 is 10.0 Å². The number of nitrogens with zero attached hydrogens (tertiary/aromatic N) is 2. The third-order valence-corrected chi connectivity index (χ3v) is 5.68. The number of nitrogens with one attached hydrogen (secondary N) is 2. The molecule has 0 bridgehead atoms. The first-order chi connectivity index (χ1) is 14.2. The molecule has 3 N–H and O–H groups in total. The van der Waals surface area contributed by atoms with Gasteiger partial charge in [-0.05, 0) is 42.0 Å². The molecule has 0 aliphatic heterocycles. The summed E-state index contributed by atoms with van der Waals surface area (Å²) in [5.41, 5.74) is 1.34. The zero-order valence-corrected chi connectivity index (χ0v) is 16.9. The molecule has 1 aromatic carbocycles. The van der Waals surface area contributed by atoms with Gasteiger partial charge in [-0.15, -0.1) is 0 Å². The number of pyridine rings is 2. The van der Waals surface area contributed by atoms with Gasteiger partial charge in [0.05, 0.1) is 27.7 Å². The van der Waals surface area contributed by atoms with Crippen molar-refractivity contribution < 1.29 is 22.7 Å². The molecule has 11 heteroatoms. The fourth-order valence-electron chi connectivity index (χ4n) is 2.41. The van der Waals surface area contributed by atoms with Crippen LogP contribution in [0.4, 0.5) is 4.39 Å². The highest BCUT2D eigenvalue weighted by atomic mass is 35.5. The van der Waals surface area contributed by atoms with E-state index in [1.54, 1.807) is 6.07 Å². The highest BCUT2D eigenvalue weighted by molar-refractivity contribution is 7.89. The molecule has 156 valence electrons. The Bertz CT molecular complexity index is 1170. The lowest BCUT2D eigenvalue weighted by Gasteiger charge is -2.08. The number of aromatic hydroxyl groups is 1. The van der Waals surface area contributed by atoms with Crippen LogP contribution in [0.1, 0.15) is 21.6 Å². The van der Waals surface area contributed by atoms with E-state index in [0.717, 1.165) is 18.2 Å². The van der Waals surface area contributed by atoms with Gasteiger partial charge >= 0.3 is 0 Å². The molecule has 0 saturated heterocycles. The summed E-state index contributed by atoms with van der Waals surface area (Å²) in [4.78, 5) is 19.7. The number of carbonyl (C=O) groups excluding carboxylic acids is 1. The van der Waals surface area contributed by atoms with Gasteiger partial charge in [0.1, 0.15) is 5.82 Å². The lowest BCUT2D eigenvalue weighted by Crippen LogP contribution is -2.25. The molecule has 3 aromatic rings. The second-order valence-electron chi connectivity index (χ2n) is 6.14. The van der Waals surface area contributed by atoms with E-state index < -0.39 is 15.8 Å². The van der Waals surface area contributed by atoms with Crippen LogP contribution in [-0.2, 0) is 23.1 Å². The predicted molar refractivity (Wildman–Crippen MR) is 107 cm³/mol. The van der Waals surface area contributed by atoms with Gasteiger partial charge in [-0.1, -0.05) is 11.6 Å².